The molecule has 98 valence electrons. The van der Waals surface area contributed by atoms with Crippen molar-refractivity contribution in [3.8, 4) is 0 Å². The molecule has 0 saturated carbocycles. The van der Waals surface area contributed by atoms with Crippen molar-refractivity contribution in [2.75, 3.05) is 32.8 Å². The van der Waals surface area contributed by atoms with E-state index in [9.17, 15) is 0 Å². The third kappa shape index (κ3) is 13.9. The zero-order valence-electron chi connectivity index (χ0n) is 11.6. The SMILES string of the molecule is CCOCCCCNCCCNC(C)(C)C. The van der Waals surface area contributed by atoms with E-state index in [1.807, 2.05) is 6.92 Å². The molecule has 0 aliphatic rings. The van der Waals surface area contributed by atoms with Crippen molar-refractivity contribution in [2.24, 2.45) is 0 Å². The lowest BCUT2D eigenvalue weighted by Crippen LogP contribution is -2.37. The molecule has 0 unspecified atom stereocenters. The molecule has 0 spiro atoms. The van der Waals surface area contributed by atoms with E-state index >= 15 is 0 Å². The number of rotatable bonds is 10. The second kappa shape index (κ2) is 10.1. The Morgan fingerprint density at radius 1 is 0.938 bits per heavy atom. The molecule has 0 saturated heterocycles. The van der Waals surface area contributed by atoms with Crippen LogP contribution in [0, 0.1) is 0 Å². The normalized spacial score (nSPS) is 12.0. The topological polar surface area (TPSA) is 33.3 Å². The van der Waals surface area contributed by atoms with Crippen LogP contribution >= 0.6 is 0 Å². The lowest BCUT2D eigenvalue weighted by molar-refractivity contribution is 0.143. The number of hydrogen-bond acceptors (Lipinski definition) is 3. The molecular formula is C13H30N2O. The Bertz CT molecular complexity index is 143. The van der Waals surface area contributed by atoms with Gasteiger partial charge in [-0.15, -0.1) is 0 Å². The molecule has 16 heavy (non-hydrogen) atoms. The minimum absolute atomic E-state index is 0.248. The molecule has 0 aliphatic heterocycles. The number of nitrogens with one attached hydrogen (secondary N) is 2. The molecule has 3 heteroatoms. The van der Waals surface area contributed by atoms with Gasteiger partial charge in [0.2, 0.25) is 0 Å². The summed E-state index contributed by atoms with van der Waals surface area (Å²) in [5.41, 5.74) is 0.248. The van der Waals surface area contributed by atoms with Crippen molar-refractivity contribution < 1.29 is 4.74 Å². The summed E-state index contributed by atoms with van der Waals surface area (Å²) in [5, 5.41) is 6.93. The van der Waals surface area contributed by atoms with Gasteiger partial charge in [-0.3, -0.25) is 0 Å². The van der Waals surface area contributed by atoms with E-state index < -0.39 is 0 Å². The average Bonchev–Trinajstić information content (AvgIpc) is 2.19. The van der Waals surface area contributed by atoms with Gasteiger partial charge >= 0.3 is 0 Å². The second-order valence-electron chi connectivity index (χ2n) is 5.18. The minimum Gasteiger partial charge on any atom is -0.382 e. The molecule has 0 aromatic rings. The minimum atomic E-state index is 0.248. The van der Waals surface area contributed by atoms with E-state index in [0.717, 1.165) is 32.8 Å². The number of unbranched alkanes of at least 4 members (excludes halogenated alkanes) is 1. The van der Waals surface area contributed by atoms with E-state index in [1.165, 1.54) is 19.3 Å². The highest BCUT2D eigenvalue weighted by Crippen LogP contribution is 1.97. The van der Waals surface area contributed by atoms with Crippen LogP contribution < -0.4 is 10.6 Å². The highest BCUT2D eigenvalue weighted by atomic mass is 16.5. The third-order valence-electron chi connectivity index (χ3n) is 2.28. The van der Waals surface area contributed by atoms with Gasteiger partial charge in [0, 0.05) is 18.8 Å². The van der Waals surface area contributed by atoms with Crippen molar-refractivity contribution in [1.29, 1.82) is 0 Å². The highest BCUT2D eigenvalue weighted by molar-refractivity contribution is 4.69. The Morgan fingerprint density at radius 3 is 2.25 bits per heavy atom. The Balaban J connectivity index is 2.99. The monoisotopic (exact) mass is 230 g/mol. The Hall–Kier alpha value is -0.120. The van der Waals surface area contributed by atoms with E-state index in [-0.39, 0.29) is 5.54 Å². The van der Waals surface area contributed by atoms with Gasteiger partial charge in [0.15, 0.2) is 0 Å². The summed E-state index contributed by atoms with van der Waals surface area (Å²) in [6.07, 6.45) is 3.58. The van der Waals surface area contributed by atoms with Crippen LogP contribution in [-0.4, -0.2) is 38.4 Å². The predicted molar refractivity (Wildman–Crippen MR) is 71.0 cm³/mol. The standard InChI is InChI=1S/C13H30N2O/c1-5-16-12-7-6-9-14-10-8-11-15-13(2,3)4/h14-15H,5-12H2,1-4H3. The van der Waals surface area contributed by atoms with E-state index in [4.69, 9.17) is 4.74 Å². The fourth-order valence-electron chi connectivity index (χ4n) is 1.40. The summed E-state index contributed by atoms with van der Waals surface area (Å²) in [7, 11) is 0. The molecule has 0 atom stereocenters. The first kappa shape index (κ1) is 15.9. The molecule has 0 aromatic heterocycles. The molecule has 0 amide bonds. The van der Waals surface area contributed by atoms with Crippen LogP contribution in [0.2, 0.25) is 0 Å². The summed E-state index contributed by atoms with van der Waals surface area (Å²) in [6, 6.07) is 0. The molecule has 0 radical (unpaired) electrons. The Labute approximate surface area is 101 Å². The maximum atomic E-state index is 5.28. The van der Waals surface area contributed by atoms with Crippen LogP contribution in [0.4, 0.5) is 0 Å². The Kier molecular flexibility index (Phi) is 9.99. The smallest absolute Gasteiger partial charge is 0.0466 e. The van der Waals surface area contributed by atoms with Crippen LogP contribution in [0.1, 0.15) is 47.0 Å². The van der Waals surface area contributed by atoms with Crippen molar-refractivity contribution in [2.45, 2.75) is 52.5 Å². The number of ether oxygens (including phenoxy) is 1. The van der Waals surface area contributed by atoms with Gasteiger partial charge < -0.3 is 15.4 Å². The molecular weight excluding hydrogens is 200 g/mol. The van der Waals surface area contributed by atoms with Crippen LogP contribution in [0.15, 0.2) is 0 Å². The molecule has 2 N–H and O–H groups in total. The first-order chi connectivity index (χ1) is 7.56. The summed E-state index contributed by atoms with van der Waals surface area (Å²) in [6.45, 7) is 13.7. The molecule has 0 bridgehead atoms. The van der Waals surface area contributed by atoms with Crippen molar-refractivity contribution in [3.05, 3.63) is 0 Å². The van der Waals surface area contributed by atoms with Gasteiger partial charge in [0.1, 0.15) is 0 Å². The van der Waals surface area contributed by atoms with Crippen LogP contribution in [0.3, 0.4) is 0 Å². The van der Waals surface area contributed by atoms with Gasteiger partial charge in [-0.25, -0.2) is 0 Å². The third-order valence-corrected chi connectivity index (χ3v) is 2.28. The first-order valence-corrected chi connectivity index (χ1v) is 6.60. The molecule has 0 aliphatic carbocycles. The van der Waals surface area contributed by atoms with Crippen molar-refractivity contribution >= 4 is 0 Å². The summed E-state index contributed by atoms with van der Waals surface area (Å²) in [4.78, 5) is 0. The highest BCUT2D eigenvalue weighted by Gasteiger charge is 2.06. The van der Waals surface area contributed by atoms with Crippen LogP contribution in [0.5, 0.6) is 0 Å². The molecule has 0 fully saturated rings. The predicted octanol–water partition coefficient (Wildman–Crippen LogP) is 2.17. The summed E-state index contributed by atoms with van der Waals surface area (Å²) in [5.74, 6) is 0. The fourth-order valence-corrected chi connectivity index (χ4v) is 1.40. The lowest BCUT2D eigenvalue weighted by Gasteiger charge is -2.20. The van der Waals surface area contributed by atoms with Crippen molar-refractivity contribution in [1.82, 2.24) is 10.6 Å². The van der Waals surface area contributed by atoms with E-state index in [0.29, 0.717) is 0 Å². The lowest BCUT2D eigenvalue weighted by atomic mass is 10.1. The van der Waals surface area contributed by atoms with Crippen LogP contribution in [-0.2, 0) is 4.74 Å². The maximum Gasteiger partial charge on any atom is 0.0466 e. The quantitative estimate of drug-likeness (QED) is 0.564. The fraction of sp³-hybridized carbons (Fsp3) is 1.00. The average molecular weight is 230 g/mol. The van der Waals surface area contributed by atoms with Crippen molar-refractivity contribution in [3.63, 3.8) is 0 Å². The van der Waals surface area contributed by atoms with E-state index in [2.05, 4.69) is 31.4 Å². The summed E-state index contributed by atoms with van der Waals surface area (Å²) < 4.78 is 5.28. The van der Waals surface area contributed by atoms with Gasteiger partial charge in [-0.2, -0.15) is 0 Å². The van der Waals surface area contributed by atoms with Crippen LogP contribution in [0.25, 0.3) is 0 Å². The van der Waals surface area contributed by atoms with Gasteiger partial charge in [0.05, 0.1) is 0 Å². The second-order valence-corrected chi connectivity index (χ2v) is 5.18. The molecule has 0 aromatic carbocycles. The van der Waals surface area contributed by atoms with Gasteiger partial charge in [0.25, 0.3) is 0 Å². The van der Waals surface area contributed by atoms with E-state index in [1.54, 1.807) is 0 Å². The molecule has 3 nitrogen and oxygen atoms in total. The largest absolute Gasteiger partial charge is 0.382 e. The number of hydrogen-bond donors (Lipinski definition) is 2. The zero-order valence-corrected chi connectivity index (χ0v) is 11.6. The molecule has 0 rings (SSSR count). The first-order valence-electron chi connectivity index (χ1n) is 6.60. The van der Waals surface area contributed by atoms with Gasteiger partial charge in [-0.1, -0.05) is 0 Å². The maximum absolute atomic E-state index is 5.28. The summed E-state index contributed by atoms with van der Waals surface area (Å²) >= 11 is 0. The Morgan fingerprint density at radius 2 is 1.62 bits per heavy atom. The van der Waals surface area contributed by atoms with Gasteiger partial charge in [-0.05, 0) is 66.6 Å². The molecule has 0 heterocycles. The zero-order chi connectivity index (χ0) is 12.3.